The second kappa shape index (κ2) is 6.75. The van der Waals surface area contributed by atoms with Crippen LogP contribution in [0.5, 0.6) is 0 Å². The molecule has 0 amide bonds. The third kappa shape index (κ3) is 4.12. The lowest BCUT2D eigenvalue weighted by atomic mass is 10.1. The molecule has 0 bridgehead atoms. The maximum atomic E-state index is 4.34. The van der Waals surface area contributed by atoms with Crippen LogP contribution in [0.2, 0.25) is 13.1 Å². The topological polar surface area (TPSA) is 12.9 Å². The van der Waals surface area contributed by atoms with Gasteiger partial charge in [-0.15, -0.1) is 6.58 Å². The maximum absolute atomic E-state index is 4.34. The van der Waals surface area contributed by atoms with Crippen molar-refractivity contribution in [3.05, 3.63) is 36.3 Å². The van der Waals surface area contributed by atoms with Crippen molar-refractivity contribution >= 4 is 13.3 Å². The Bertz CT molecular complexity index is 343. The van der Waals surface area contributed by atoms with Gasteiger partial charge in [0.1, 0.15) is 8.07 Å². The monoisotopic (exact) mass is 247 g/mol. The Balaban J connectivity index is 2.55. The third-order valence-corrected chi connectivity index (χ3v) is 7.41. The van der Waals surface area contributed by atoms with Crippen molar-refractivity contribution in [2.75, 3.05) is 0 Å². The van der Waals surface area contributed by atoms with E-state index in [2.05, 4.69) is 43.7 Å². The minimum absolute atomic E-state index is 1.20. The summed E-state index contributed by atoms with van der Waals surface area (Å²) in [6.07, 6.45) is 10.3. The van der Waals surface area contributed by atoms with Crippen LogP contribution in [-0.4, -0.2) is 13.1 Å². The minimum atomic E-state index is -1.48. The van der Waals surface area contributed by atoms with Gasteiger partial charge in [-0.05, 0) is 25.0 Å². The quantitative estimate of drug-likeness (QED) is 0.523. The van der Waals surface area contributed by atoms with Gasteiger partial charge < -0.3 is 0 Å². The number of allylic oxidation sites excluding steroid dienone is 1. The van der Waals surface area contributed by atoms with E-state index in [0.29, 0.717) is 0 Å². The van der Waals surface area contributed by atoms with Crippen molar-refractivity contribution in [1.82, 2.24) is 4.98 Å². The van der Waals surface area contributed by atoms with Gasteiger partial charge >= 0.3 is 0 Å². The van der Waals surface area contributed by atoms with Crippen LogP contribution in [0.15, 0.2) is 36.3 Å². The summed E-state index contributed by atoms with van der Waals surface area (Å²) in [5.41, 5.74) is 0. The summed E-state index contributed by atoms with van der Waals surface area (Å²) in [7, 11) is -1.48. The summed E-state index contributed by atoms with van der Waals surface area (Å²) in [5.74, 6) is 0. The largest absolute Gasteiger partial charge is 0.265 e. The zero-order chi connectivity index (χ0) is 12.7. The van der Waals surface area contributed by atoms with Crippen molar-refractivity contribution in [3.63, 3.8) is 0 Å². The second-order valence-electron chi connectivity index (χ2n) is 5.28. The minimum Gasteiger partial charge on any atom is -0.265 e. The normalized spacial score (nSPS) is 11.5. The summed E-state index contributed by atoms with van der Waals surface area (Å²) in [6.45, 7) is 11.4. The second-order valence-corrected chi connectivity index (χ2v) is 9.81. The van der Waals surface area contributed by atoms with Crippen LogP contribution in [0.25, 0.3) is 0 Å². The van der Waals surface area contributed by atoms with E-state index in [4.69, 9.17) is 0 Å². The van der Waals surface area contributed by atoms with Gasteiger partial charge in [-0.2, -0.15) is 0 Å². The molecule has 94 valence electrons. The van der Waals surface area contributed by atoms with Crippen molar-refractivity contribution < 1.29 is 0 Å². The Labute approximate surface area is 107 Å². The molecule has 0 aromatic carbocycles. The van der Waals surface area contributed by atoms with E-state index < -0.39 is 8.07 Å². The van der Waals surface area contributed by atoms with E-state index in [1.165, 1.54) is 42.5 Å². The van der Waals surface area contributed by atoms with Gasteiger partial charge in [-0.3, -0.25) is 4.98 Å². The van der Waals surface area contributed by atoms with Crippen molar-refractivity contribution in [2.45, 2.75) is 52.1 Å². The molecule has 0 spiro atoms. The fraction of sp³-hybridized carbons (Fsp3) is 0.533. The van der Waals surface area contributed by atoms with Gasteiger partial charge in [0.2, 0.25) is 0 Å². The summed E-state index contributed by atoms with van der Waals surface area (Å²) in [5, 5.41) is 2.92. The third-order valence-electron chi connectivity index (χ3n) is 3.62. The van der Waals surface area contributed by atoms with E-state index >= 15 is 0 Å². The first kappa shape index (κ1) is 14.2. The number of aromatic nitrogens is 1. The number of rotatable bonds is 7. The average Bonchev–Trinajstić information content (AvgIpc) is 2.35. The smallest absolute Gasteiger partial charge is 0.106 e. The zero-order valence-electron chi connectivity index (χ0n) is 11.5. The molecule has 0 unspecified atom stereocenters. The molecule has 1 aromatic heterocycles. The molecule has 1 heterocycles. The van der Waals surface area contributed by atoms with Crippen molar-refractivity contribution in [2.24, 2.45) is 0 Å². The predicted molar refractivity (Wildman–Crippen MR) is 79.3 cm³/mol. The van der Waals surface area contributed by atoms with E-state index in [-0.39, 0.29) is 0 Å². The molecule has 0 N–H and O–H groups in total. The van der Waals surface area contributed by atoms with Crippen LogP contribution in [0.1, 0.15) is 39.0 Å². The Morgan fingerprint density at radius 1 is 1.18 bits per heavy atom. The van der Waals surface area contributed by atoms with Gasteiger partial charge in [0.15, 0.2) is 0 Å². The molecule has 0 atom stereocenters. The molecule has 0 saturated heterocycles. The zero-order valence-corrected chi connectivity index (χ0v) is 12.5. The molecule has 0 saturated carbocycles. The van der Waals surface area contributed by atoms with Crippen LogP contribution in [0.3, 0.4) is 0 Å². The molecule has 0 radical (unpaired) electrons. The maximum Gasteiger partial charge on any atom is 0.106 e. The Hall–Kier alpha value is -0.893. The first-order chi connectivity index (χ1) is 8.09. The molecule has 17 heavy (non-hydrogen) atoms. The highest BCUT2D eigenvalue weighted by Gasteiger charge is 2.26. The standard InChI is InChI=1S/C15H25NSi/c1-5-6-7-8-9-14(2)17(3,4)15-10-12-16-13-11-15/h10-13H,2,5-9H2,1,3-4H3. The Kier molecular flexibility index (Phi) is 5.62. The summed E-state index contributed by atoms with van der Waals surface area (Å²) in [6, 6.07) is 4.31. The van der Waals surface area contributed by atoms with Crippen LogP contribution >= 0.6 is 0 Å². The number of hydrogen-bond donors (Lipinski definition) is 0. The first-order valence-electron chi connectivity index (χ1n) is 6.67. The average molecular weight is 247 g/mol. The predicted octanol–water partition coefficient (Wildman–Crippen LogP) is 4.06. The summed E-state index contributed by atoms with van der Waals surface area (Å²) in [4.78, 5) is 4.10. The SMILES string of the molecule is C=C(CCCCCC)[Si](C)(C)c1ccncc1. The van der Waals surface area contributed by atoms with E-state index in [1.54, 1.807) is 0 Å². The molecular weight excluding hydrogens is 222 g/mol. The highest BCUT2D eigenvalue weighted by molar-refractivity contribution is 6.95. The van der Waals surface area contributed by atoms with Crippen molar-refractivity contribution in [3.8, 4) is 0 Å². The van der Waals surface area contributed by atoms with Crippen LogP contribution in [0, 0.1) is 0 Å². The Morgan fingerprint density at radius 3 is 2.41 bits per heavy atom. The van der Waals surface area contributed by atoms with Gasteiger partial charge in [-0.25, -0.2) is 0 Å². The number of unbranched alkanes of at least 4 members (excludes halogenated alkanes) is 3. The summed E-state index contributed by atoms with van der Waals surface area (Å²) >= 11 is 0. The van der Waals surface area contributed by atoms with E-state index in [9.17, 15) is 0 Å². The van der Waals surface area contributed by atoms with Gasteiger partial charge in [0.25, 0.3) is 0 Å². The molecule has 1 nitrogen and oxygen atoms in total. The lowest BCUT2D eigenvalue weighted by Crippen LogP contribution is -2.43. The summed E-state index contributed by atoms with van der Waals surface area (Å²) < 4.78 is 0. The van der Waals surface area contributed by atoms with E-state index in [1.807, 2.05) is 12.4 Å². The van der Waals surface area contributed by atoms with Crippen LogP contribution < -0.4 is 5.19 Å². The Morgan fingerprint density at radius 2 is 1.82 bits per heavy atom. The first-order valence-corrected chi connectivity index (χ1v) is 9.67. The fourth-order valence-corrected chi connectivity index (χ4v) is 4.24. The number of nitrogens with zero attached hydrogens (tertiary/aromatic N) is 1. The number of hydrogen-bond acceptors (Lipinski definition) is 1. The molecular formula is C15H25NSi. The van der Waals surface area contributed by atoms with E-state index in [0.717, 1.165) is 0 Å². The molecule has 2 heteroatoms. The van der Waals surface area contributed by atoms with Gasteiger partial charge in [0, 0.05) is 12.4 Å². The molecule has 0 aliphatic carbocycles. The van der Waals surface area contributed by atoms with Crippen LogP contribution in [0.4, 0.5) is 0 Å². The molecule has 0 aliphatic heterocycles. The molecule has 0 aliphatic rings. The lowest BCUT2D eigenvalue weighted by Gasteiger charge is -2.25. The van der Waals surface area contributed by atoms with Gasteiger partial charge in [-0.1, -0.05) is 49.7 Å². The lowest BCUT2D eigenvalue weighted by molar-refractivity contribution is 0.671. The fourth-order valence-electron chi connectivity index (χ4n) is 2.05. The molecule has 1 aromatic rings. The van der Waals surface area contributed by atoms with Gasteiger partial charge in [0.05, 0.1) is 0 Å². The highest BCUT2D eigenvalue weighted by Crippen LogP contribution is 2.19. The highest BCUT2D eigenvalue weighted by atomic mass is 28.3. The molecule has 0 fully saturated rings. The van der Waals surface area contributed by atoms with Crippen molar-refractivity contribution in [1.29, 1.82) is 0 Å². The van der Waals surface area contributed by atoms with Crippen LogP contribution in [-0.2, 0) is 0 Å². The molecule has 1 rings (SSSR count). The number of pyridine rings is 1.